The third-order valence-electron chi connectivity index (χ3n) is 5.48. The van der Waals surface area contributed by atoms with Gasteiger partial charge in [-0.15, -0.1) is 0 Å². The van der Waals surface area contributed by atoms with Gasteiger partial charge in [0, 0.05) is 16.5 Å². The van der Waals surface area contributed by atoms with Crippen LogP contribution in [0, 0.1) is 6.92 Å². The van der Waals surface area contributed by atoms with E-state index in [0.717, 1.165) is 48.0 Å². The topological polar surface area (TPSA) is 102 Å². The van der Waals surface area contributed by atoms with Crippen LogP contribution in [0.5, 0.6) is 0 Å². The van der Waals surface area contributed by atoms with Crippen LogP contribution in [-0.2, 0) is 0 Å². The van der Waals surface area contributed by atoms with Gasteiger partial charge in [0.25, 0.3) is 0 Å². The predicted octanol–water partition coefficient (Wildman–Crippen LogP) is 4.76. The number of benzene rings is 2. The molecule has 0 unspecified atom stereocenters. The molecule has 0 saturated heterocycles. The van der Waals surface area contributed by atoms with Gasteiger partial charge < -0.3 is 16.8 Å². The van der Waals surface area contributed by atoms with Crippen molar-refractivity contribution in [2.45, 2.75) is 44.7 Å². The zero-order valence-electron chi connectivity index (χ0n) is 17.6. The monoisotopic (exact) mass is 434 g/mol. The maximum absolute atomic E-state index is 5.98. The van der Waals surface area contributed by atoms with E-state index in [4.69, 9.17) is 33.0 Å². The Balaban J connectivity index is 1.63. The standard InChI is InChI=1S/C24H27ClN6/c1-15-5-11-21-20(13-15)23(28-18-3-2-4-19(14-18)29-24(26)27)31-22(30-21)12-8-16-6-9-17(25)10-7-16/h5-13,18-19H,2-4,14H2,1H3,(H4,26,27,29)(H,28,30,31)/t18-,19+/m1/s1. The first kappa shape index (κ1) is 21.1. The molecule has 1 saturated carbocycles. The van der Waals surface area contributed by atoms with Gasteiger partial charge in [0.05, 0.1) is 11.6 Å². The van der Waals surface area contributed by atoms with E-state index >= 15 is 0 Å². The Kier molecular flexibility index (Phi) is 6.37. The number of nitrogens with zero attached hydrogens (tertiary/aromatic N) is 3. The quantitative estimate of drug-likeness (QED) is 0.397. The van der Waals surface area contributed by atoms with Gasteiger partial charge in [-0.3, -0.25) is 4.99 Å². The highest BCUT2D eigenvalue weighted by Crippen LogP contribution is 2.28. The minimum Gasteiger partial charge on any atom is -0.370 e. The fourth-order valence-corrected chi connectivity index (χ4v) is 4.13. The molecule has 2 aromatic carbocycles. The van der Waals surface area contributed by atoms with Crippen molar-refractivity contribution in [2.75, 3.05) is 5.32 Å². The smallest absolute Gasteiger partial charge is 0.186 e. The molecule has 0 aliphatic heterocycles. The lowest BCUT2D eigenvalue weighted by molar-refractivity contribution is 0.410. The maximum Gasteiger partial charge on any atom is 0.186 e. The average molecular weight is 435 g/mol. The van der Waals surface area contributed by atoms with Crippen molar-refractivity contribution in [3.8, 4) is 0 Å². The number of hydrogen-bond acceptors (Lipinski definition) is 4. The molecule has 160 valence electrons. The number of anilines is 1. The van der Waals surface area contributed by atoms with Crippen LogP contribution in [0.25, 0.3) is 23.1 Å². The molecular formula is C24H27ClN6. The summed E-state index contributed by atoms with van der Waals surface area (Å²) in [6.45, 7) is 2.08. The maximum atomic E-state index is 5.98. The van der Waals surface area contributed by atoms with Gasteiger partial charge in [0.2, 0.25) is 0 Å². The summed E-state index contributed by atoms with van der Waals surface area (Å²) in [5.41, 5.74) is 14.3. The number of hydrogen-bond donors (Lipinski definition) is 3. The highest BCUT2D eigenvalue weighted by Gasteiger charge is 2.22. The van der Waals surface area contributed by atoms with Gasteiger partial charge in [-0.05, 0) is 68.5 Å². The Labute approximate surface area is 187 Å². The fourth-order valence-electron chi connectivity index (χ4n) is 4.01. The molecule has 0 bridgehead atoms. The molecule has 1 aromatic heterocycles. The number of aryl methyl sites for hydroxylation is 1. The van der Waals surface area contributed by atoms with Crippen LogP contribution in [0.3, 0.4) is 0 Å². The first-order valence-electron chi connectivity index (χ1n) is 10.5. The zero-order chi connectivity index (χ0) is 21.8. The van der Waals surface area contributed by atoms with Crippen LogP contribution >= 0.6 is 11.6 Å². The SMILES string of the molecule is Cc1ccc2nc(C=Cc3ccc(Cl)cc3)nc(N[C@@H]3CCC[C@H](N=C(N)N)C3)c2c1. The van der Waals surface area contributed by atoms with E-state index in [0.29, 0.717) is 10.8 Å². The largest absolute Gasteiger partial charge is 0.370 e. The molecule has 1 fully saturated rings. The molecule has 2 atom stereocenters. The molecule has 4 rings (SSSR count). The van der Waals surface area contributed by atoms with Crippen molar-refractivity contribution in [3.05, 3.63) is 64.4 Å². The van der Waals surface area contributed by atoms with E-state index in [-0.39, 0.29) is 18.0 Å². The van der Waals surface area contributed by atoms with Gasteiger partial charge in [0.1, 0.15) is 5.82 Å². The molecule has 1 aliphatic carbocycles. The summed E-state index contributed by atoms with van der Waals surface area (Å²) in [5, 5.41) is 5.38. The molecule has 0 spiro atoms. The van der Waals surface area contributed by atoms with Crippen molar-refractivity contribution < 1.29 is 0 Å². The van der Waals surface area contributed by atoms with Gasteiger partial charge in [-0.2, -0.15) is 0 Å². The van der Waals surface area contributed by atoms with Crippen molar-refractivity contribution in [2.24, 2.45) is 16.5 Å². The van der Waals surface area contributed by atoms with E-state index in [9.17, 15) is 0 Å². The van der Waals surface area contributed by atoms with Crippen molar-refractivity contribution >= 4 is 46.4 Å². The molecule has 6 nitrogen and oxygen atoms in total. The lowest BCUT2D eigenvalue weighted by Gasteiger charge is -2.28. The number of guanidine groups is 1. The molecule has 1 heterocycles. The number of nitrogens with one attached hydrogen (secondary N) is 1. The fraction of sp³-hybridized carbons (Fsp3) is 0.292. The minimum absolute atomic E-state index is 0.148. The summed E-state index contributed by atoms with van der Waals surface area (Å²) >= 11 is 5.98. The average Bonchev–Trinajstić information content (AvgIpc) is 2.73. The molecule has 31 heavy (non-hydrogen) atoms. The number of nitrogens with two attached hydrogens (primary N) is 2. The highest BCUT2D eigenvalue weighted by molar-refractivity contribution is 6.30. The Hall–Kier alpha value is -3.12. The second kappa shape index (κ2) is 9.35. The van der Waals surface area contributed by atoms with E-state index in [1.807, 2.05) is 42.5 Å². The summed E-state index contributed by atoms with van der Waals surface area (Å²) in [6.07, 6.45) is 7.94. The molecule has 7 heteroatoms. The summed E-state index contributed by atoms with van der Waals surface area (Å²) < 4.78 is 0. The Morgan fingerprint density at radius 3 is 2.68 bits per heavy atom. The van der Waals surface area contributed by atoms with Crippen molar-refractivity contribution in [1.29, 1.82) is 0 Å². The molecule has 1 aliphatic rings. The van der Waals surface area contributed by atoms with Crippen LogP contribution in [0.2, 0.25) is 5.02 Å². The number of aliphatic imine (C=N–C) groups is 1. The van der Waals surface area contributed by atoms with Crippen LogP contribution in [0.1, 0.15) is 42.6 Å². The summed E-state index contributed by atoms with van der Waals surface area (Å²) in [4.78, 5) is 13.9. The molecular weight excluding hydrogens is 408 g/mol. The van der Waals surface area contributed by atoms with Gasteiger partial charge in [-0.25, -0.2) is 9.97 Å². The number of halogens is 1. The number of rotatable bonds is 5. The van der Waals surface area contributed by atoms with Crippen LogP contribution in [0.4, 0.5) is 5.82 Å². The van der Waals surface area contributed by atoms with E-state index in [2.05, 4.69) is 29.4 Å². The number of fused-ring (bicyclic) bond motifs is 1. The molecule has 0 amide bonds. The third kappa shape index (κ3) is 5.52. The van der Waals surface area contributed by atoms with Crippen LogP contribution < -0.4 is 16.8 Å². The molecule has 0 radical (unpaired) electrons. The van der Waals surface area contributed by atoms with E-state index in [1.54, 1.807) is 0 Å². The van der Waals surface area contributed by atoms with Crippen molar-refractivity contribution in [1.82, 2.24) is 9.97 Å². The van der Waals surface area contributed by atoms with E-state index in [1.165, 1.54) is 5.56 Å². The minimum atomic E-state index is 0.148. The Morgan fingerprint density at radius 1 is 1.10 bits per heavy atom. The third-order valence-corrected chi connectivity index (χ3v) is 5.73. The predicted molar refractivity (Wildman–Crippen MR) is 130 cm³/mol. The lowest BCUT2D eigenvalue weighted by atomic mass is 9.91. The molecule has 3 aromatic rings. The Bertz CT molecular complexity index is 1120. The first-order valence-corrected chi connectivity index (χ1v) is 10.9. The van der Waals surface area contributed by atoms with Gasteiger partial charge in [-0.1, -0.05) is 41.4 Å². The second-order valence-electron chi connectivity index (χ2n) is 8.05. The lowest BCUT2D eigenvalue weighted by Crippen LogP contribution is -2.32. The van der Waals surface area contributed by atoms with E-state index < -0.39 is 0 Å². The van der Waals surface area contributed by atoms with Gasteiger partial charge in [0.15, 0.2) is 11.8 Å². The van der Waals surface area contributed by atoms with Crippen LogP contribution in [-0.4, -0.2) is 28.0 Å². The second-order valence-corrected chi connectivity index (χ2v) is 8.49. The highest BCUT2D eigenvalue weighted by atomic mass is 35.5. The normalized spacial score (nSPS) is 18.9. The number of aromatic nitrogens is 2. The summed E-state index contributed by atoms with van der Waals surface area (Å²) in [7, 11) is 0. The summed E-state index contributed by atoms with van der Waals surface area (Å²) in [5.74, 6) is 1.66. The molecule has 5 N–H and O–H groups in total. The zero-order valence-corrected chi connectivity index (χ0v) is 18.3. The van der Waals surface area contributed by atoms with Crippen molar-refractivity contribution in [3.63, 3.8) is 0 Å². The first-order chi connectivity index (χ1) is 15.0. The Morgan fingerprint density at radius 2 is 1.90 bits per heavy atom. The summed E-state index contributed by atoms with van der Waals surface area (Å²) in [6, 6.07) is 14.3. The van der Waals surface area contributed by atoms with Crippen LogP contribution in [0.15, 0.2) is 47.5 Å². The van der Waals surface area contributed by atoms with Gasteiger partial charge >= 0.3 is 0 Å².